The first-order valence-electron chi connectivity index (χ1n) is 6.58. The zero-order chi connectivity index (χ0) is 14.1. The Labute approximate surface area is 123 Å². The molecule has 0 radical (unpaired) electrons. The van der Waals surface area contributed by atoms with Crippen LogP contribution in [-0.4, -0.2) is 6.92 Å². The Bertz CT molecular complexity index is 648. The van der Waals surface area contributed by atoms with E-state index < -0.39 is 0 Å². The quantitative estimate of drug-likeness (QED) is 0.883. The van der Waals surface area contributed by atoms with Crippen LogP contribution in [0.1, 0.15) is 11.1 Å². The third-order valence-corrected chi connectivity index (χ3v) is 3.80. The predicted molar refractivity (Wildman–Crippen MR) is 81.9 cm³/mol. The summed E-state index contributed by atoms with van der Waals surface area (Å²) in [5, 5.41) is 0.567. The van der Waals surface area contributed by atoms with Crippen molar-refractivity contribution in [2.45, 2.75) is 20.0 Å². The lowest BCUT2D eigenvalue weighted by Gasteiger charge is -2.10. The minimum Gasteiger partial charge on any atom is -0.456 e. The summed E-state index contributed by atoms with van der Waals surface area (Å²) in [7, 11) is 0. The molecule has 5 heteroatoms. The van der Waals surface area contributed by atoms with E-state index in [1.54, 1.807) is 0 Å². The Hall–Kier alpha value is -1.49. The number of nitrogens with two attached hydrogens (primary N) is 1. The highest BCUT2D eigenvalue weighted by Crippen LogP contribution is 2.30. The molecule has 2 aromatic rings. The van der Waals surface area contributed by atoms with Gasteiger partial charge in [0.05, 0.1) is 11.6 Å². The molecule has 0 fully saturated rings. The largest absolute Gasteiger partial charge is 0.456 e. The Morgan fingerprint density at radius 1 is 1.30 bits per heavy atom. The molecule has 1 heterocycles. The van der Waals surface area contributed by atoms with Gasteiger partial charge < -0.3 is 15.1 Å². The molecule has 0 atom stereocenters. The van der Waals surface area contributed by atoms with Gasteiger partial charge in [0.2, 0.25) is 0 Å². The monoisotopic (exact) mass is 287 g/mol. The van der Waals surface area contributed by atoms with Crippen molar-refractivity contribution < 1.29 is 9.39 Å². The molecule has 1 aliphatic heterocycles. The highest BCUT2D eigenvalue weighted by molar-refractivity contribution is 6.67. The molecule has 0 bridgehead atoms. The van der Waals surface area contributed by atoms with Gasteiger partial charge in [-0.05, 0) is 40.9 Å². The van der Waals surface area contributed by atoms with Gasteiger partial charge in [0.1, 0.15) is 11.5 Å². The molecular formula is C15H15BClNO2. The second-order valence-corrected chi connectivity index (χ2v) is 5.29. The molecule has 2 aromatic carbocycles. The molecule has 0 spiro atoms. The summed E-state index contributed by atoms with van der Waals surface area (Å²) in [6, 6.07) is 11.6. The average Bonchev–Trinajstić information content (AvgIpc) is 2.82. The van der Waals surface area contributed by atoms with E-state index in [1.165, 1.54) is 11.0 Å². The van der Waals surface area contributed by atoms with Crippen molar-refractivity contribution in [2.24, 2.45) is 5.73 Å². The van der Waals surface area contributed by atoms with Crippen LogP contribution >= 0.6 is 11.6 Å². The number of rotatable bonds is 3. The standard InChI is InChI=1S/C15H15BClNO2/c1-16-13-7-12(4-3-11(13)9-19-16)20-15-5-2-10(8-18)6-14(15)17/h2-7H,8-9,18H2,1H3. The molecule has 0 amide bonds. The minimum absolute atomic E-state index is 0.114. The van der Waals surface area contributed by atoms with Gasteiger partial charge in [-0.25, -0.2) is 0 Å². The van der Waals surface area contributed by atoms with E-state index in [4.69, 9.17) is 26.7 Å². The van der Waals surface area contributed by atoms with Crippen molar-refractivity contribution >= 4 is 24.0 Å². The summed E-state index contributed by atoms with van der Waals surface area (Å²) < 4.78 is 11.4. The van der Waals surface area contributed by atoms with E-state index in [1.807, 2.05) is 43.2 Å². The van der Waals surface area contributed by atoms with E-state index in [0.29, 0.717) is 23.9 Å². The molecule has 0 unspecified atom stereocenters. The van der Waals surface area contributed by atoms with Gasteiger partial charge in [-0.3, -0.25) is 0 Å². The second-order valence-electron chi connectivity index (χ2n) is 4.88. The van der Waals surface area contributed by atoms with Crippen LogP contribution in [0.2, 0.25) is 11.8 Å². The number of benzene rings is 2. The average molecular weight is 288 g/mol. The van der Waals surface area contributed by atoms with Gasteiger partial charge in [-0.1, -0.05) is 30.6 Å². The lowest BCUT2D eigenvalue weighted by molar-refractivity contribution is 0.333. The molecule has 0 saturated heterocycles. The van der Waals surface area contributed by atoms with Crippen molar-refractivity contribution in [3.8, 4) is 11.5 Å². The number of hydrogen-bond donors (Lipinski definition) is 1. The van der Waals surface area contributed by atoms with Crippen molar-refractivity contribution in [1.82, 2.24) is 0 Å². The summed E-state index contributed by atoms with van der Waals surface area (Å²) in [4.78, 5) is 0. The van der Waals surface area contributed by atoms with Crippen LogP contribution in [0.5, 0.6) is 11.5 Å². The molecular weight excluding hydrogens is 272 g/mol. The topological polar surface area (TPSA) is 44.5 Å². The summed E-state index contributed by atoms with van der Waals surface area (Å²) in [6.45, 7) is 3.29. The van der Waals surface area contributed by atoms with Crippen molar-refractivity contribution in [3.63, 3.8) is 0 Å². The van der Waals surface area contributed by atoms with Crippen LogP contribution in [0, 0.1) is 0 Å². The van der Waals surface area contributed by atoms with Gasteiger partial charge in [0.15, 0.2) is 0 Å². The highest BCUT2D eigenvalue weighted by Gasteiger charge is 2.23. The third-order valence-electron chi connectivity index (χ3n) is 3.50. The first kappa shape index (κ1) is 13.5. The maximum atomic E-state index is 6.20. The van der Waals surface area contributed by atoms with E-state index in [2.05, 4.69) is 0 Å². The van der Waals surface area contributed by atoms with Crippen LogP contribution < -0.4 is 15.9 Å². The maximum Gasteiger partial charge on any atom is 0.324 e. The number of fused-ring (bicyclic) bond motifs is 1. The van der Waals surface area contributed by atoms with Gasteiger partial charge in [-0.15, -0.1) is 0 Å². The van der Waals surface area contributed by atoms with E-state index >= 15 is 0 Å². The maximum absolute atomic E-state index is 6.20. The van der Waals surface area contributed by atoms with Crippen LogP contribution in [0.3, 0.4) is 0 Å². The van der Waals surface area contributed by atoms with E-state index in [0.717, 1.165) is 11.3 Å². The fourth-order valence-corrected chi connectivity index (χ4v) is 2.57. The fourth-order valence-electron chi connectivity index (χ4n) is 2.33. The normalized spacial score (nSPS) is 13.4. The van der Waals surface area contributed by atoms with Crippen molar-refractivity contribution in [1.29, 1.82) is 0 Å². The molecule has 2 N–H and O–H groups in total. The molecule has 102 valence electrons. The molecule has 0 aromatic heterocycles. The number of ether oxygens (including phenoxy) is 1. The summed E-state index contributed by atoms with van der Waals surface area (Å²) in [5.74, 6) is 1.40. The minimum atomic E-state index is 0.114. The second kappa shape index (κ2) is 5.48. The third kappa shape index (κ3) is 2.55. The van der Waals surface area contributed by atoms with Gasteiger partial charge >= 0.3 is 6.92 Å². The van der Waals surface area contributed by atoms with E-state index in [9.17, 15) is 0 Å². The summed E-state index contributed by atoms with van der Waals surface area (Å²) in [6.07, 6.45) is 0. The first-order chi connectivity index (χ1) is 9.67. The number of halogens is 1. The molecule has 20 heavy (non-hydrogen) atoms. The SMILES string of the molecule is CB1OCc2ccc(Oc3ccc(CN)cc3Cl)cc21. The van der Waals surface area contributed by atoms with Crippen molar-refractivity contribution in [3.05, 3.63) is 52.5 Å². The Morgan fingerprint density at radius 3 is 2.90 bits per heavy atom. The van der Waals surface area contributed by atoms with Crippen LogP contribution in [0.4, 0.5) is 0 Å². The highest BCUT2D eigenvalue weighted by atomic mass is 35.5. The Balaban J connectivity index is 1.87. The van der Waals surface area contributed by atoms with Crippen LogP contribution in [0.25, 0.3) is 0 Å². The predicted octanol–water partition coefficient (Wildman–Crippen LogP) is 2.95. The smallest absolute Gasteiger partial charge is 0.324 e. The Kier molecular flexibility index (Phi) is 3.70. The molecule has 1 aliphatic rings. The lowest BCUT2D eigenvalue weighted by atomic mass is 9.64. The van der Waals surface area contributed by atoms with Crippen molar-refractivity contribution in [2.75, 3.05) is 0 Å². The number of hydrogen-bond acceptors (Lipinski definition) is 3. The Morgan fingerprint density at radius 2 is 2.15 bits per heavy atom. The van der Waals surface area contributed by atoms with Gasteiger partial charge in [0.25, 0.3) is 0 Å². The first-order valence-corrected chi connectivity index (χ1v) is 6.96. The van der Waals surface area contributed by atoms with Gasteiger partial charge in [0, 0.05) is 6.54 Å². The molecule has 0 aliphatic carbocycles. The summed E-state index contributed by atoms with van der Waals surface area (Å²) in [5.41, 5.74) is 8.96. The fraction of sp³-hybridized carbons (Fsp3) is 0.200. The zero-order valence-electron chi connectivity index (χ0n) is 11.2. The van der Waals surface area contributed by atoms with E-state index in [-0.39, 0.29) is 6.92 Å². The van der Waals surface area contributed by atoms with Crippen LogP contribution in [-0.2, 0) is 17.8 Å². The molecule has 3 rings (SSSR count). The summed E-state index contributed by atoms with van der Waals surface area (Å²) >= 11 is 6.20. The van der Waals surface area contributed by atoms with Crippen LogP contribution in [0.15, 0.2) is 36.4 Å². The van der Waals surface area contributed by atoms with Gasteiger partial charge in [-0.2, -0.15) is 0 Å². The molecule has 3 nitrogen and oxygen atoms in total. The lowest BCUT2D eigenvalue weighted by Crippen LogP contribution is -2.24. The zero-order valence-corrected chi connectivity index (χ0v) is 12.0. The molecule has 0 saturated carbocycles.